The van der Waals surface area contributed by atoms with Gasteiger partial charge in [0, 0.05) is 22.7 Å². The highest BCUT2D eigenvalue weighted by molar-refractivity contribution is 8.18. The van der Waals surface area contributed by atoms with E-state index in [0.29, 0.717) is 4.91 Å². The molecule has 2 amide bonds. The number of carboxylic acid groups (broad SMARTS) is 1. The van der Waals surface area contributed by atoms with Crippen LogP contribution in [0.3, 0.4) is 0 Å². The highest BCUT2D eigenvalue weighted by Gasteiger charge is 2.34. The molecule has 2 rings (SSSR count). The Morgan fingerprint density at radius 2 is 2.15 bits per heavy atom. The summed E-state index contributed by atoms with van der Waals surface area (Å²) in [6.45, 7) is 2.12. The predicted octanol–water partition coefficient (Wildman–Crippen LogP) is 2.96. The lowest BCUT2D eigenvalue weighted by molar-refractivity contribution is -0.137. The van der Waals surface area contributed by atoms with Gasteiger partial charge in [-0.25, -0.2) is 0 Å². The summed E-state index contributed by atoms with van der Waals surface area (Å²) in [6, 6.07) is 3.85. The first-order chi connectivity index (χ1) is 9.47. The minimum atomic E-state index is -0.929. The van der Waals surface area contributed by atoms with E-state index in [0.717, 1.165) is 26.4 Å². The van der Waals surface area contributed by atoms with Crippen LogP contribution in [0.15, 0.2) is 17.0 Å². The molecule has 1 aliphatic heterocycles. The van der Waals surface area contributed by atoms with Gasteiger partial charge in [-0.3, -0.25) is 19.3 Å². The molecule has 0 aromatic carbocycles. The number of hydrogen-bond donors (Lipinski definition) is 1. The van der Waals surface area contributed by atoms with Crippen LogP contribution in [0.1, 0.15) is 22.6 Å². The molecule has 1 fully saturated rings. The van der Waals surface area contributed by atoms with E-state index in [1.807, 2.05) is 19.1 Å². The van der Waals surface area contributed by atoms with Crippen LogP contribution >= 0.6 is 23.1 Å². The van der Waals surface area contributed by atoms with Crippen LogP contribution in [-0.4, -0.2) is 33.7 Å². The Labute approximate surface area is 124 Å². The summed E-state index contributed by atoms with van der Waals surface area (Å²) in [5, 5.41) is 8.23. The molecule has 1 aliphatic rings. The molecule has 5 nitrogen and oxygen atoms in total. The number of hydrogen-bond acceptors (Lipinski definition) is 5. The van der Waals surface area contributed by atoms with Gasteiger partial charge in [0.25, 0.3) is 11.1 Å². The van der Waals surface area contributed by atoms with Crippen molar-refractivity contribution in [3.05, 3.63) is 26.8 Å². The maximum Gasteiger partial charge on any atom is 0.303 e. The molecule has 0 atom stereocenters. The SMILES string of the molecule is Cc1ccc(/C=C2/SC(=O)N(CCCC(=O)O)C2=O)s1. The average Bonchev–Trinajstić information content (AvgIpc) is 2.88. The van der Waals surface area contributed by atoms with Crippen molar-refractivity contribution in [1.29, 1.82) is 0 Å². The Morgan fingerprint density at radius 1 is 1.40 bits per heavy atom. The molecule has 1 N–H and O–H groups in total. The zero-order chi connectivity index (χ0) is 14.7. The third-order valence-corrected chi connectivity index (χ3v) is 4.54. The van der Waals surface area contributed by atoms with E-state index < -0.39 is 5.97 Å². The number of rotatable bonds is 5. The van der Waals surface area contributed by atoms with Crippen LogP contribution < -0.4 is 0 Å². The van der Waals surface area contributed by atoms with Gasteiger partial charge in [0.1, 0.15) is 0 Å². The fourth-order valence-corrected chi connectivity index (χ4v) is 3.49. The van der Waals surface area contributed by atoms with Crippen molar-refractivity contribution in [3.8, 4) is 0 Å². The zero-order valence-electron chi connectivity index (χ0n) is 10.8. The molecule has 106 valence electrons. The molecule has 1 saturated heterocycles. The van der Waals surface area contributed by atoms with Gasteiger partial charge >= 0.3 is 5.97 Å². The summed E-state index contributed by atoms with van der Waals surface area (Å²) in [7, 11) is 0. The van der Waals surface area contributed by atoms with Crippen LogP contribution in [0.2, 0.25) is 0 Å². The molecule has 1 aromatic rings. The summed E-state index contributed by atoms with van der Waals surface area (Å²) >= 11 is 2.45. The predicted molar refractivity (Wildman–Crippen MR) is 78.6 cm³/mol. The summed E-state index contributed by atoms with van der Waals surface area (Å²) in [6.07, 6.45) is 1.93. The number of aryl methyl sites for hydroxylation is 1. The fourth-order valence-electron chi connectivity index (χ4n) is 1.74. The molecule has 2 heterocycles. The van der Waals surface area contributed by atoms with Crippen LogP contribution in [-0.2, 0) is 9.59 Å². The van der Waals surface area contributed by atoms with Gasteiger partial charge in [0.2, 0.25) is 0 Å². The third kappa shape index (κ3) is 3.49. The Morgan fingerprint density at radius 3 is 2.75 bits per heavy atom. The molecule has 0 aliphatic carbocycles. The van der Waals surface area contributed by atoms with E-state index in [9.17, 15) is 14.4 Å². The molecule has 0 radical (unpaired) electrons. The minimum Gasteiger partial charge on any atom is -0.481 e. The van der Waals surface area contributed by atoms with Crippen molar-refractivity contribution >= 4 is 46.3 Å². The quantitative estimate of drug-likeness (QED) is 0.846. The van der Waals surface area contributed by atoms with E-state index in [1.54, 1.807) is 17.4 Å². The largest absolute Gasteiger partial charge is 0.481 e. The molecule has 0 saturated carbocycles. The monoisotopic (exact) mass is 311 g/mol. The van der Waals surface area contributed by atoms with Gasteiger partial charge in [-0.15, -0.1) is 11.3 Å². The van der Waals surface area contributed by atoms with Crippen molar-refractivity contribution in [1.82, 2.24) is 4.90 Å². The van der Waals surface area contributed by atoms with E-state index in [2.05, 4.69) is 0 Å². The minimum absolute atomic E-state index is 0.0507. The van der Waals surface area contributed by atoms with Crippen LogP contribution in [0, 0.1) is 6.92 Å². The van der Waals surface area contributed by atoms with Gasteiger partial charge in [0.05, 0.1) is 4.91 Å². The topological polar surface area (TPSA) is 74.7 Å². The van der Waals surface area contributed by atoms with Gasteiger partial charge < -0.3 is 5.11 Å². The Hall–Kier alpha value is -1.60. The number of aliphatic carboxylic acids is 1. The number of nitrogens with zero attached hydrogens (tertiary/aromatic N) is 1. The normalized spacial score (nSPS) is 17.2. The summed E-state index contributed by atoms with van der Waals surface area (Å²) in [5.74, 6) is -1.27. The van der Waals surface area contributed by atoms with Crippen LogP contribution in [0.25, 0.3) is 6.08 Å². The number of carbonyl (C=O) groups excluding carboxylic acids is 2. The number of carboxylic acids is 1. The maximum absolute atomic E-state index is 12.1. The number of amides is 2. The van der Waals surface area contributed by atoms with Crippen LogP contribution in [0.4, 0.5) is 4.79 Å². The molecule has 0 spiro atoms. The van der Waals surface area contributed by atoms with E-state index in [1.165, 1.54) is 0 Å². The third-order valence-electron chi connectivity index (χ3n) is 2.68. The number of thioether (sulfide) groups is 1. The first-order valence-electron chi connectivity index (χ1n) is 6.01. The lowest BCUT2D eigenvalue weighted by Crippen LogP contribution is -2.29. The van der Waals surface area contributed by atoms with Crippen molar-refractivity contribution < 1.29 is 19.5 Å². The van der Waals surface area contributed by atoms with Gasteiger partial charge in [-0.1, -0.05) is 0 Å². The first kappa shape index (κ1) is 14.8. The molecule has 0 unspecified atom stereocenters. The second-order valence-electron chi connectivity index (χ2n) is 4.28. The fraction of sp³-hybridized carbons (Fsp3) is 0.308. The summed E-state index contributed by atoms with van der Waals surface area (Å²) in [5.41, 5.74) is 0. The maximum atomic E-state index is 12.1. The Bertz CT molecular complexity index is 591. The van der Waals surface area contributed by atoms with Gasteiger partial charge in [-0.2, -0.15) is 0 Å². The van der Waals surface area contributed by atoms with E-state index in [4.69, 9.17) is 5.11 Å². The number of thiophene rings is 1. The van der Waals surface area contributed by atoms with Gasteiger partial charge in [-0.05, 0) is 43.3 Å². The zero-order valence-corrected chi connectivity index (χ0v) is 12.4. The second kappa shape index (κ2) is 6.23. The van der Waals surface area contributed by atoms with E-state index >= 15 is 0 Å². The molecule has 1 aromatic heterocycles. The standard InChI is InChI=1S/C13H13NO4S2/c1-8-4-5-9(19-8)7-10-12(17)14(13(18)20-10)6-2-3-11(15)16/h4-5,7H,2-3,6H2,1H3,(H,15,16)/b10-7+. The summed E-state index contributed by atoms with van der Waals surface area (Å²) in [4.78, 5) is 37.8. The summed E-state index contributed by atoms with van der Waals surface area (Å²) < 4.78 is 0. The number of carbonyl (C=O) groups is 3. The molecular formula is C13H13NO4S2. The lowest BCUT2D eigenvalue weighted by Gasteiger charge is -2.10. The molecule has 20 heavy (non-hydrogen) atoms. The van der Waals surface area contributed by atoms with E-state index in [-0.39, 0.29) is 30.5 Å². The smallest absolute Gasteiger partial charge is 0.303 e. The molecule has 0 bridgehead atoms. The second-order valence-corrected chi connectivity index (χ2v) is 6.59. The lowest BCUT2D eigenvalue weighted by atomic mass is 10.3. The van der Waals surface area contributed by atoms with Crippen molar-refractivity contribution in [2.75, 3.05) is 6.54 Å². The highest BCUT2D eigenvalue weighted by Crippen LogP contribution is 2.33. The average molecular weight is 311 g/mol. The first-order valence-corrected chi connectivity index (χ1v) is 7.64. The highest BCUT2D eigenvalue weighted by atomic mass is 32.2. The van der Waals surface area contributed by atoms with Crippen molar-refractivity contribution in [2.45, 2.75) is 19.8 Å². The Kier molecular flexibility index (Phi) is 4.61. The van der Waals surface area contributed by atoms with Crippen LogP contribution in [0.5, 0.6) is 0 Å². The van der Waals surface area contributed by atoms with Gasteiger partial charge in [0.15, 0.2) is 0 Å². The van der Waals surface area contributed by atoms with Crippen molar-refractivity contribution in [3.63, 3.8) is 0 Å². The van der Waals surface area contributed by atoms with Crippen molar-refractivity contribution in [2.24, 2.45) is 0 Å². The Balaban J connectivity index is 2.04. The molecule has 7 heteroatoms. The number of imide groups is 1. The molecular weight excluding hydrogens is 298 g/mol.